The number of ether oxygens (including phenoxy) is 1. The number of hydrogen-bond acceptors (Lipinski definition) is 3. The van der Waals surface area contributed by atoms with Crippen LogP contribution in [0.3, 0.4) is 0 Å². The summed E-state index contributed by atoms with van der Waals surface area (Å²) in [5, 5.41) is 5.24. The van der Waals surface area contributed by atoms with Crippen LogP contribution >= 0.6 is 12.2 Å². The lowest BCUT2D eigenvalue weighted by molar-refractivity contribution is -0.274. The van der Waals surface area contributed by atoms with E-state index >= 15 is 0 Å². The van der Waals surface area contributed by atoms with Gasteiger partial charge in [0.15, 0.2) is 5.11 Å². The van der Waals surface area contributed by atoms with Crippen molar-refractivity contribution in [3.8, 4) is 5.75 Å². The van der Waals surface area contributed by atoms with E-state index in [0.717, 1.165) is 12.1 Å². The van der Waals surface area contributed by atoms with Crippen LogP contribution in [0.15, 0.2) is 48.5 Å². The molecule has 126 valence electrons. The van der Waals surface area contributed by atoms with Crippen molar-refractivity contribution in [3.63, 3.8) is 0 Å². The van der Waals surface area contributed by atoms with Gasteiger partial charge >= 0.3 is 6.36 Å². The van der Waals surface area contributed by atoms with Gasteiger partial charge in [0.1, 0.15) is 5.75 Å². The predicted molar refractivity (Wildman–Crippen MR) is 87.9 cm³/mol. The number of rotatable bonds is 4. The molecule has 24 heavy (non-hydrogen) atoms. The zero-order valence-electron chi connectivity index (χ0n) is 12.1. The molecule has 0 saturated heterocycles. The van der Waals surface area contributed by atoms with Crippen LogP contribution in [-0.2, 0) is 0 Å². The Morgan fingerprint density at radius 3 is 2.25 bits per heavy atom. The molecule has 4 N–H and O–H groups in total. The first kappa shape index (κ1) is 17.5. The van der Waals surface area contributed by atoms with Crippen molar-refractivity contribution in [3.05, 3.63) is 54.1 Å². The number of carbonyl (C=O) groups excluding carboxylic acids is 1. The number of nitrogens with two attached hydrogens (primary N) is 1. The zero-order valence-corrected chi connectivity index (χ0v) is 12.9. The molecule has 0 aromatic heterocycles. The number of amides is 1. The van der Waals surface area contributed by atoms with Crippen LogP contribution in [0.5, 0.6) is 5.75 Å². The molecular weight excluding hydrogens is 343 g/mol. The van der Waals surface area contributed by atoms with Gasteiger partial charge in [-0.15, -0.1) is 13.2 Å². The highest BCUT2D eigenvalue weighted by Gasteiger charge is 2.30. The molecule has 2 aromatic carbocycles. The molecule has 0 bridgehead atoms. The summed E-state index contributed by atoms with van der Waals surface area (Å²) >= 11 is 4.74. The van der Waals surface area contributed by atoms with E-state index in [1.165, 1.54) is 12.1 Å². The lowest BCUT2D eigenvalue weighted by Crippen LogP contribution is -2.22. The Balaban J connectivity index is 2.11. The molecule has 0 unspecified atom stereocenters. The van der Waals surface area contributed by atoms with Crippen LogP contribution in [0, 0.1) is 0 Å². The van der Waals surface area contributed by atoms with Gasteiger partial charge in [0.25, 0.3) is 5.91 Å². The maximum atomic E-state index is 12.3. The predicted octanol–water partition coefficient (Wildman–Crippen LogP) is 3.49. The summed E-state index contributed by atoms with van der Waals surface area (Å²) in [6, 6.07) is 11.3. The zero-order chi connectivity index (χ0) is 17.7. The molecule has 0 aliphatic heterocycles. The third-order valence-corrected chi connectivity index (χ3v) is 2.88. The summed E-state index contributed by atoms with van der Waals surface area (Å²) < 4.78 is 40.1. The largest absolute Gasteiger partial charge is 0.573 e. The first-order valence-corrected chi connectivity index (χ1v) is 6.98. The molecular formula is C15H12F3N3O2S. The Morgan fingerprint density at radius 2 is 1.67 bits per heavy atom. The van der Waals surface area contributed by atoms with E-state index in [4.69, 9.17) is 18.0 Å². The fraction of sp³-hybridized carbons (Fsp3) is 0.0667. The minimum Gasteiger partial charge on any atom is -0.406 e. The van der Waals surface area contributed by atoms with E-state index in [9.17, 15) is 18.0 Å². The second kappa shape index (κ2) is 7.18. The maximum Gasteiger partial charge on any atom is 0.573 e. The summed E-state index contributed by atoms with van der Waals surface area (Å²) in [7, 11) is 0. The van der Waals surface area contributed by atoms with Crippen LogP contribution < -0.4 is 21.1 Å². The summed E-state index contributed by atoms with van der Waals surface area (Å²) in [5.74, 6) is -0.852. The van der Waals surface area contributed by atoms with Crippen LogP contribution in [0.1, 0.15) is 10.4 Å². The Labute approximate surface area is 140 Å². The smallest absolute Gasteiger partial charge is 0.406 e. The van der Waals surface area contributed by atoms with Gasteiger partial charge in [-0.05, 0) is 48.6 Å². The third-order valence-electron chi connectivity index (χ3n) is 2.78. The van der Waals surface area contributed by atoms with E-state index in [2.05, 4.69) is 15.4 Å². The molecule has 2 aromatic rings. The van der Waals surface area contributed by atoms with Gasteiger partial charge in [-0.25, -0.2) is 0 Å². The third kappa shape index (κ3) is 5.13. The number of thiocarbonyl (C=S) groups is 1. The van der Waals surface area contributed by atoms with Crippen molar-refractivity contribution < 1.29 is 22.7 Å². The molecule has 5 nitrogen and oxygen atoms in total. The van der Waals surface area contributed by atoms with Crippen LogP contribution in [0.25, 0.3) is 0 Å². The molecule has 0 aliphatic carbocycles. The summed E-state index contributed by atoms with van der Waals surface area (Å²) in [6.07, 6.45) is -4.77. The minimum absolute atomic E-state index is 0.00361. The van der Waals surface area contributed by atoms with Gasteiger partial charge in [0.2, 0.25) is 0 Å². The number of para-hydroxylation sites is 1. The second-order valence-corrected chi connectivity index (χ2v) is 5.00. The van der Waals surface area contributed by atoms with E-state index in [1.54, 1.807) is 24.3 Å². The highest BCUT2D eigenvalue weighted by molar-refractivity contribution is 7.80. The highest BCUT2D eigenvalue weighted by atomic mass is 32.1. The number of benzene rings is 2. The Bertz CT molecular complexity index is 748. The van der Waals surface area contributed by atoms with E-state index in [0.29, 0.717) is 11.4 Å². The molecule has 0 aliphatic rings. The van der Waals surface area contributed by atoms with E-state index < -0.39 is 12.3 Å². The maximum absolute atomic E-state index is 12.3. The average molecular weight is 355 g/mol. The first-order chi connectivity index (χ1) is 11.2. The molecule has 0 atom stereocenters. The Hall–Kier alpha value is -2.81. The van der Waals surface area contributed by atoms with Crippen molar-refractivity contribution >= 4 is 34.6 Å². The number of carbonyl (C=O) groups is 1. The van der Waals surface area contributed by atoms with Gasteiger partial charge in [0.05, 0.1) is 11.3 Å². The second-order valence-electron chi connectivity index (χ2n) is 4.56. The molecule has 0 radical (unpaired) electrons. The van der Waals surface area contributed by atoms with Crippen molar-refractivity contribution in [2.24, 2.45) is 5.73 Å². The van der Waals surface area contributed by atoms with Gasteiger partial charge in [0, 0.05) is 5.69 Å². The Kier molecular flexibility index (Phi) is 5.24. The van der Waals surface area contributed by atoms with Crippen molar-refractivity contribution in [2.75, 3.05) is 10.6 Å². The SMILES string of the molecule is NC(=S)Nc1ccccc1C(=O)Nc1ccc(OC(F)(F)F)cc1. The van der Waals surface area contributed by atoms with Gasteiger partial charge in [-0.1, -0.05) is 12.1 Å². The van der Waals surface area contributed by atoms with Crippen molar-refractivity contribution in [1.29, 1.82) is 0 Å². The number of hydrogen-bond donors (Lipinski definition) is 3. The number of anilines is 2. The van der Waals surface area contributed by atoms with Gasteiger partial charge in [-0.2, -0.15) is 0 Å². The van der Waals surface area contributed by atoms with Crippen molar-refractivity contribution in [1.82, 2.24) is 0 Å². The standard InChI is InChI=1S/C15H12F3N3O2S/c16-15(17,18)23-10-7-5-9(6-8-10)20-13(22)11-3-1-2-4-12(11)21-14(19)24/h1-8H,(H,20,22)(H3,19,21,24). The molecule has 0 spiro atoms. The van der Waals surface area contributed by atoms with Crippen LogP contribution in [0.2, 0.25) is 0 Å². The Morgan fingerprint density at radius 1 is 1.04 bits per heavy atom. The van der Waals surface area contributed by atoms with Crippen LogP contribution in [-0.4, -0.2) is 17.4 Å². The fourth-order valence-corrected chi connectivity index (χ4v) is 1.97. The van der Waals surface area contributed by atoms with Crippen LogP contribution in [0.4, 0.5) is 24.5 Å². The topological polar surface area (TPSA) is 76.4 Å². The summed E-state index contributed by atoms with van der Waals surface area (Å²) in [5.41, 5.74) is 6.40. The van der Waals surface area contributed by atoms with Crippen molar-refractivity contribution in [2.45, 2.75) is 6.36 Å². The molecule has 0 saturated carbocycles. The van der Waals surface area contributed by atoms with Gasteiger partial charge < -0.3 is 21.1 Å². The minimum atomic E-state index is -4.77. The molecule has 0 heterocycles. The quantitative estimate of drug-likeness (QED) is 0.732. The molecule has 0 fully saturated rings. The monoisotopic (exact) mass is 355 g/mol. The van der Waals surface area contributed by atoms with E-state index in [1.807, 2.05) is 0 Å². The molecule has 1 amide bonds. The highest BCUT2D eigenvalue weighted by Crippen LogP contribution is 2.24. The lowest BCUT2D eigenvalue weighted by Gasteiger charge is -2.12. The normalized spacial score (nSPS) is 10.8. The lowest BCUT2D eigenvalue weighted by atomic mass is 10.1. The number of nitrogens with one attached hydrogen (secondary N) is 2. The molecule has 2 rings (SSSR count). The average Bonchev–Trinajstić information content (AvgIpc) is 2.47. The summed E-state index contributed by atoms with van der Waals surface area (Å²) in [6.45, 7) is 0. The number of halogens is 3. The fourth-order valence-electron chi connectivity index (χ4n) is 1.86. The van der Waals surface area contributed by atoms with E-state index in [-0.39, 0.29) is 16.4 Å². The number of alkyl halides is 3. The first-order valence-electron chi connectivity index (χ1n) is 6.57. The summed E-state index contributed by atoms with van der Waals surface area (Å²) in [4.78, 5) is 12.3. The molecule has 9 heteroatoms. The van der Waals surface area contributed by atoms with Gasteiger partial charge in [-0.3, -0.25) is 4.79 Å².